The Kier molecular flexibility index (Phi) is 6.40. The average molecular weight is 697 g/mol. The van der Waals surface area contributed by atoms with E-state index in [0.29, 0.717) is 0 Å². The topological polar surface area (TPSA) is 13.1 Å². The molecule has 1 heterocycles. The fraction of sp³-hybridized carbons (Fsp3) is 0. The monoisotopic (exact) mass is 696 g/mol. The lowest BCUT2D eigenvalue weighted by Crippen LogP contribution is -1.93. The minimum absolute atomic E-state index is 0.922. The summed E-state index contributed by atoms with van der Waals surface area (Å²) in [5, 5.41) is 17.3. The highest BCUT2D eigenvalue weighted by molar-refractivity contribution is 6.30. The van der Waals surface area contributed by atoms with Gasteiger partial charge in [0, 0.05) is 10.8 Å². The average Bonchev–Trinajstić information content (AvgIpc) is 3.62. The first-order valence-corrected chi connectivity index (χ1v) is 19.0. The minimum atomic E-state index is 0.922. The van der Waals surface area contributed by atoms with Crippen LogP contribution in [-0.2, 0) is 0 Å². The maximum atomic E-state index is 6.41. The molecule has 0 aliphatic heterocycles. The molecule has 0 bridgehead atoms. The van der Waals surface area contributed by atoms with Crippen molar-refractivity contribution in [3.8, 4) is 33.4 Å². The first-order chi connectivity index (χ1) is 27.3. The molecule has 0 fully saturated rings. The Bertz CT molecular complexity index is 3480. The Balaban J connectivity index is 1.15. The molecular formula is C54H32O. The molecule has 0 radical (unpaired) electrons. The van der Waals surface area contributed by atoms with E-state index in [4.69, 9.17) is 4.42 Å². The minimum Gasteiger partial charge on any atom is -0.456 e. The van der Waals surface area contributed by atoms with Gasteiger partial charge in [-0.05, 0) is 122 Å². The van der Waals surface area contributed by atoms with Gasteiger partial charge < -0.3 is 4.42 Å². The summed E-state index contributed by atoms with van der Waals surface area (Å²) in [7, 11) is 0. The molecule has 0 saturated carbocycles. The Morgan fingerprint density at radius 2 is 0.691 bits per heavy atom. The second-order valence-electron chi connectivity index (χ2n) is 14.7. The van der Waals surface area contributed by atoms with Crippen LogP contribution in [0.5, 0.6) is 0 Å². The molecule has 0 unspecified atom stereocenters. The lowest BCUT2D eigenvalue weighted by molar-refractivity contribution is 0.669. The van der Waals surface area contributed by atoms with Crippen LogP contribution in [0, 0.1) is 0 Å². The zero-order valence-corrected chi connectivity index (χ0v) is 29.9. The van der Waals surface area contributed by atoms with Crippen LogP contribution in [0.3, 0.4) is 0 Å². The third-order valence-corrected chi connectivity index (χ3v) is 11.8. The second-order valence-corrected chi connectivity index (χ2v) is 14.7. The molecule has 0 atom stereocenters. The highest BCUT2D eigenvalue weighted by atomic mass is 16.3. The van der Waals surface area contributed by atoms with Crippen LogP contribution in [0.2, 0.25) is 0 Å². The molecule has 11 aromatic carbocycles. The van der Waals surface area contributed by atoms with Gasteiger partial charge in [-0.25, -0.2) is 0 Å². The Morgan fingerprint density at radius 3 is 1.36 bits per heavy atom. The number of fused-ring (bicyclic) bond motifs is 12. The van der Waals surface area contributed by atoms with Gasteiger partial charge in [-0.15, -0.1) is 0 Å². The summed E-state index contributed by atoms with van der Waals surface area (Å²) in [6.45, 7) is 0. The summed E-state index contributed by atoms with van der Waals surface area (Å²) in [6.07, 6.45) is 0. The van der Waals surface area contributed by atoms with Crippen LogP contribution in [-0.4, -0.2) is 0 Å². The molecule has 0 aliphatic carbocycles. The van der Waals surface area contributed by atoms with Crippen molar-refractivity contribution in [1.29, 1.82) is 0 Å². The van der Waals surface area contributed by atoms with Crippen molar-refractivity contribution in [3.63, 3.8) is 0 Å². The van der Waals surface area contributed by atoms with Crippen LogP contribution in [0.25, 0.3) is 120 Å². The van der Waals surface area contributed by atoms with Crippen molar-refractivity contribution < 1.29 is 4.42 Å². The molecule has 12 aromatic rings. The van der Waals surface area contributed by atoms with Gasteiger partial charge in [0.05, 0.1) is 0 Å². The molecule has 0 amide bonds. The number of para-hydroxylation sites is 1. The lowest BCUT2D eigenvalue weighted by Gasteiger charge is -2.20. The zero-order chi connectivity index (χ0) is 36.0. The van der Waals surface area contributed by atoms with Crippen molar-refractivity contribution in [2.24, 2.45) is 0 Å². The van der Waals surface area contributed by atoms with E-state index in [1.54, 1.807) is 0 Å². The summed E-state index contributed by atoms with van der Waals surface area (Å²) in [5.41, 5.74) is 9.33. The van der Waals surface area contributed by atoms with Crippen molar-refractivity contribution in [1.82, 2.24) is 0 Å². The van der Waals surface area contributed by atoms with Crippen LogP contribution in [0.1, 0.15) is 0 Å². The molecule has 55 heavy (non-hydrogen) atoms. The first kappa shape index (κ1) is 30.3. The van der Waals surface area contributed by atoms with Crippen LogP contribution >= 0.6 is 0 Å². The van der Waals surface area contributed by atoms with Gasteiger partial charge >= 0.3 is 0 Å². The smallest absolute Gasteiger partial charge is 0.136 e. The van der Waals surface area contributed by atoms with E-state index in [1.165, 1.54) is 98.0 Å². The van der Waals surface area contributed by atoms with E-state index in [9.17, 15) is 0 Å². The highest BCUT2D eigenvalue weighted by Gasteiger charge is 2.20. The van der Waals surface area contributed by atoms with E-state index in [1.807, 2.05) is 6.07 Å². The third kappa shape index (κ3) is 4.41. The van der Waals surface area contributed by atoms with Gasteiger partial charge in [-0.2, -0.15) is 0 Å². The number of benzene rings is 11. The Morgan fingerprint density at radius 1 is 0.218 bits per heavy atom. The van der Waals surface area contributed by atoms with E-state index in [2.05, 4.69) is 188 Å². The number of rotatable bonds is 3. The normalized spacial score (nSPS) is 12.0. The standard InChI is InChI=1S/C54H32O/c1-2-14-33(15-3-1)35-28-29-46(37-17-5-4-16-36(35)37)54-44-23-10-8-21-42(44)53(43-22-9-11-24-45(43)54)34-26-27-40-47(30-34)38-18-6-7-19-39(38)48-31-50-41-20-12-13-25-51(41)55-52(50)32-49(40)48/h1-32H. The number of furan rings is 1. The number of hydrogen-bond donors (Lipinski definition) is 0. The molecule has 1 heteroatoms. The van der Waals surface area contributed by atoms with Gasteiger partial charge in [0.2, 0.25) is 0 Å². The van der Waals surface area contributed by atoms with Crippen molar-refractivity contribution >= 4 is 86.6 Å². The van der Waals surface area contributed by atoms with Gasteiger partial charge in [-0.3, -0.25) is 0 Å². The molecule has 0 saturated heterocycles. The molecular weight excluding hydrogens is 665 g/mol. The Hall–Kier alpha value is -7.22. The van der Waals surface area contributed by atoms with Gasteiger partial charge in [0.15, 0.2) is 0 Å². The lowest BCUT2D eigenvalue weighted by atomic mass is 9.83. The SMILES string of the molecule is c1ccc(-c2ccc(-c3c4ccccc4c(-c4ccc5c(c4)c4ccccc4c4cc6c(cc54)oc4ccccc46)c4ccccc34)c3ccccc23)cc1. The maximum Gasteiger partial charge on any atom is 0.136 e. The third-order valence-electron chi connectivity index (χ3n) is 11.8. The molecule has 0 aliphatic rings. The van der Waals surface area contributed by atoms with Crippen molar-refractivity contribution in [3.05, 3.63) is 194 Å². The molecule has 12 rings (SSSR count). The van der Waals surface area contributed by atoms with E-state index in [-0.39, 0.29) is 0 Å². The quantitative estimate of drug-likeness (QED) is 0.132. The molecule has 0 spiro atoms. The maximum absolute atomic E-state index is 6.41. The highest BCUT2D eigenvalue weighted by Crippen LogP contribution is 2.48. The summed E-state index contributed by atoms with van der Waals surface area (Å²) >= 11 is 0. The Labute approximate surface area is 317 Å². The van der Waals surface area contributed by atoms with Crippen molar-refractivity contribution in [2.45, 2.75) is 0 Å². The van der Waals surface area contributed by atoms with E-state index in [0.717, 1.165) is 21.9 Å². The van der Waals surface area contributed by atoms with E-state index >= 15 is 0 Å². The van der Waals surface area contributed by atoms with Gasteiger partial charge in [-0.1, -0.05) is 170 Å². The van der Waals surface area contributed by atoms with E-state index < -0.39 is 0 Å². The van der Waals surface area contributed by atoms with Crippen LogP contribution in [0.4, 0.5) is 0 Å². The summed E-state index contributed by atoms with van der Waals surface area (Å²) < 4.78 is 6.41. The molecule has 1 nitrogen and oxygen atoms in total. The largest absolute Gasteiger partial charge is 0.456 e. The van der Waals surface area contributed by atoms with Gasteiger partial charge in [0.1, 0.15) is 11.2 Å². The number of hydrogen-bond acceptors (Lipinski definition) is 1. The summed E-state index contributed by atoms with van der Waals surface area (Å²) in [4.78, 5) is 0. The molecule has 254 valence electrons. The predicted octanol–water partition coefficient (Wildman–Crippen LogP) is 15.5. The summed E-state index contributed by atoms with van der Waals surface area (Å²) in [5.74, 6) is 0. The fourth-order valence-electron chi connectivity index (χ4n) is 9.44. The second kappa shape index (κ2) is 11.6. The predicted molar refractivity (Wildman–Crippen MR) is 235 cm³/mol. The van der Waals surface area contributed by atoms with Crippen LogP contribution < -0.4 is 0 Å². The molecule has 0 N–H and O–H groups in total. The zero-order valence-electron chi connectivity index (χ0n) is 29.9. The summed E-state index contributed by atoms with van der Waals surface area (Å²) in [6, 6.07) is 71.1. The van der Waals surface area contributed by atoms with Gasteiger partial charge in [0.25, 0.3) is 0 Å². The molecule has 1 aromatic heterocycles. The first-order valence-electron chi connectivity index (χ1n) is 19.0. The van der Waals surface area contributed by atoms with Crippen molar-refractivity contribution in [2.75, 3.05) is 0 Å². The fourth-order valence-corrected chi connectivity index (χ4v) is 9.44. The van der Waals surface area contributed by atoms with Crippen LogP contribution in [0.15, 0.2) is 199 Å².